The molecule has 0 aromatic heterocycles. The Morgan fingerprint density at radius 1 is 1.22 bits per heavy atom. The minimum atomic E-state index is -1.03. The molecule has 0 saturated heterocycles. The van der Waals surface area contributed by atoms with Crippen LogP contribution in [-0.4, -0.2) is 11.1 Å². The minimum Gasteiger partial charge on any atom is -0.478 e. The number of nitrogen functional groups attached to an aromatic ring is 1. The molecule has 0 fully saturated rings. The zero-order valence-electron chi connectivity index (χ0n) is 12.6. The lowest BCUT2D eigenvalue weighted by Crippen LogP contribution is -2.03. The van der Waals surface area contributed by atoms with Gasteiger partial charge in [0.1, 0.15) is 5.82 Å². The number of halogens is 1. The Balaban J connectivity index is 2.13. The van der Waals surface area contributed by atoms with Crippen molar-refractivity contribution in [1.29, 1.82) is 0 Å². The third-order valence-electron chi connectivity index (χ3n) is 3.97. The lowest BCUT2D eigenvalue weighted by Gasteiger charge is -2.09. The zero-order valence-corrected chi connectivity index (χ0v) is 12.6. The van der Waals surface area contributed by atoms with Crippen LogP contribution in [0.15, 0.2) is 53.6 Å². The molecule has 0 unspecified atom stereocenters. The Morgan fingerprint density at radius 2 is 1.91 bits per heavy atom. The normalized spacial score (nSPS) is 14.1. The number of nitrogens with two attached hydrogens (primary N) is 1. The van der Waals surface area contributed by atoms with E-state index in [9.17, 15) is 14.3 Å². The molecule has 1 aliphatic rings. The standard InChI is InChI=1S/C19H16FNO2/c1-11-8-13-4-5-14(20)10-16(13)18(11)17(19(22)23)9-12-2-6-15(21)7-3-12/h2-7,9-10H,8,21H2,1H3,(H,22,23). The molecule has 0 atom stereocenters. The van der Waals surface area contributed by atoms with Crippen LogP contribution >= 0.6 is 0 Å². The highest BCUT2D eigenvalue weighted by atomic mass is 19.1. The molecule has 0 amide bonds. The maximum Gasteiger partial charge on any atom is 0.336 e. The van der Waals surface area contributed by atoms with Crippen LogP contribution in [0.2, 0.25) is 0 Å². The summed E-state index contributed by atoms with van der Waals surface area (Å²) < 4.78 is 13.6. The maximum absolute atomic E-state index is 13.6. The van der Waals surface area contributed by atoms with Gasteiger partial charge in [0.05, 0.1) is 5.57 Å². The van der Waals surface area contributed by atoms with Gasteiger partial charge >= 0.3 is 5.97 Å². The van der Waals surface area contributed by atoms with Crippen molar-refractivity contribution in [1.82, 2.24) is 0 Å². The lowest BCUT2D eigenvalue weighted by atomic mass is 9.95. The summed E-state index contributed by atoms with van der Waals surface area (Å²) in [7, 11) is 0. The van der Waals surface area contributed by atoms with E-state index >= 15 is 0 Å². The summed E-state index contributed by atoms with van der Waals surface area (Å²) in [5, 5.41) is 9.64. The van der Waals surface area contributed by atoms with Crippen molar-refractivity contribution in [2.45, 2.75) is 13.3 Å². The second kappa shape index (κ2) is 5.72. The summed E-state index contributed by atoms with van der Waals surface area (Å²) in [6.07, 6.45) is 2.23. The van der Waals surface area contributed by atoms with Crippen LogP contribution in [0.1, 0.15) is 23.6 Å². The zero-order chi connectivity index (χ0) is 16.6. The highest BCUT2D eigenvalue weighted by molar-refractivity contribution is 6.11. The van der Waals surface area contributed by atoms with Crippen LogP contribution in [0.25, 0.3) is 11.6 Å². The molecule has 4 heteroatoms. The van der Waals surface area contributed by atoms with E-state index in [1.54, 1.807) is 36.4 Å². The lowest BCUT2D eigenvalue weighted by molar-refractivity contribution is -0.132. The van der Waals surface area contributed by atoms with Crippen molar-refractivity contribution in [3.05, 3.63) is 76.1 Å². The van der Waals surface area contributed by atoms with Crippen LogP contribution in [0.4, 0.5) is 10.1 Å². The van der Waals surface area contributed by atoms with E-state index in [1.165, 1.54) is 12.1 Å². The van der Waals surface area contributed by atoms with E-state index in [0.29, 0.717) is 23.2 Å². The van der Waals surface area contributed by atoms with Crippen molar-refractivity contribution in [2.75, 3.05) is 5.73 Å². The molecule has 0 heterocycles. The molecule has 0 spiro atoms. The first-order valence-electron chi connectivity index (χ1n) is 7.25. The summed E-state index contributed by atoms with van der Waals surface area (Å²) in [4.78, 5) is 11.8. The van der Waals surface area contributed by atoms with Gasteiger partial charge in [-0.1, -0.05) is 23.8 Å². The SMILES string of the molecule is CC1=C(C(=Cc2ccc(N)cc2)C(=O)O)c2cc(F)ccc2C1. The number of aliphatic carboxylic acids is 1. The van der Waals surface area contributed by atoms with E-state index in [4.69, 9.17) is 5.73 Å². The van der Waals surface area contributed by atoms with Gasteiger partial charge in [-0.3, -0.25) is 0 Å². The first-order valence-corrected chi connectivity index (χ1v) is 7.25. The van der Waals surface area contributed by atoms with Crippen LogP contribution in [0, 0.1) is 5.82 Å². The number of benzene rings is 2. The largest absolute Gasteiger partial charge is 0.478 e. The fourth-order valence-electron chi connectivity index (χ4n) is 2.91. The fourth-order valence-corrected chi connectivity index (χ4v) is 2.91. The van der Waals surface area contributed by atoms with E-state index in [2.05, 4.69) is 0 Å². The van der Waals surface area contributed by atoms with Crippen molar-refractivity contribution < 1.29 is 14.3 Å². The molecule has 1 aliphatic carbocycles. The molecular weight excluding hydrogens is 293 g/mol. The number of anilines is 1. The number of carboxylic acids is 1. The van der Waals surface area contributed by atoms with Crippen LogP contribution in [-0.2, 0) is 11.2 Å². The third-order valence-corrected chi connectivity index (χ3v) is 3.97. The average Bonchev–Trinajstić information content (AvgIpc) is 2.82. The Morgan fingerprint density at radius 3 is 2.57 bits per heavy atom. The van der Waals surface area contributed by atoms with Gasteiger partial charge < -0.3 is 10.8 Å². The topological polar surface area (TPSA) is 63.3 Å². The molecule has 116 valence electrons. The van der Waals surface area contributed by atoms with Crippen LogP contribution < -0.4 is 5.73 Å². The average molecular weight is 309 g/mol. The number of hydrogen-bond donors (Lipinski definition) is 2. The minimum absolute atomic E-state index is 0.164. The number of allylic oxidation sites excluding steroid dienone is 1. The fraction of sp³-hybridized carbons (Fsp3) is 0.105. The highest BCUT2D eigenvalue weighted by Crippen LogP contribution is 2.38. The second-order valence-electron chi connectivity index (χ2n) is 5.66. The first kappa shape index (κ1) is 15.0. The molecule has 0 saturated carbocycles. The number of rotatable bonds is 3. The highest BCUT2D eigenvalue weighted by Gasteiger charge is 2.25. The predicted octanol–water partition coefficient (Wildman–Crippen LogP) is 3.91. The summed E-state index contributed by atoms with van der Waals surface area (Å²) in [5.41, 5.74) is 10.3. The molecule has 23 heavy (non-hydrogen) atoms. The summed E-state index contributed by atoms with van der Waals surface area (Å²) in [5.74, 6) is -1.40. The molecule has 0 bridgehead atoms. The molecule has 2 aromatic carbocycles. The van der Waals surface area contributed by atoms with Gasteiger partial charge in [0.15, 0.2) is 0 Å². The van der Waals surface area contributed by atoms with Gasteiger partial charge in [-0.25, -0.2) is 9.18 Å². The molecule has 2 aromatic rings. The van der Waals surface area contributed by atoms with Gasteiger partial charge in [-0.2, -0.15) is 0 Å². The summed E-state index contributed by atoms with van der Waals surface area (Å²) in [6, 6.07) is 11.5. The van der Waals surface area contributed by atoms with E-state index in [-0.39, 0.29) is 11.4 Å². The van der Waals surface area contributed by atoms with Crippen molar-refractivity contribution in [3.8, 4) is 0 Å². The monoisotopic (exact) mass is 309 g/mol. The Labute approximate surface area is 133 Å². The Hall–Kier alpha value is -2.88. The second-order valence-corrected chi connectivity index (χ2v) is 5.66. The Kier molecular flexibility index (Phi) is 3.74. The quantitative estimate of drug-likeness (QED) is 0.667. The summed E-state index contributed by atoms with van der Waals surface area (Å²) >= 11 is 0. The van der Waals surface area contributed by atoms with Crippen molar-refractivity contribution in [3.63, 3.8) is 0 Å². The van der Waals surface area contributed by atoms with E-state index < -0.39 is 5.97 Å². The van der Waals surface area contributed by atoms with Crippen molar-refractivity contribution >= 4 is 23.3 Å². The predicted molar refractivity (Wildman–Crippen MR) is 89.2 cm³/mol. The maximum atomic E-state index is 13.6. The van der Waals surface area contributed by atoms with E-state index in [0.717, 1.165) is 16.7 Å². The number of hydrogen-bond acceptors (Lipinski definition) is 2. The van der Waals surface area contributed by atoms with Crippen molar-refractivity contribution in [2.24, 2.45) is 0 Å². The van der Waals surface area contributed by atoms with Crippen LogP contribution in [0.3, 0.4) is 0 Å². The van der Waals surface area contributed by atoms with E-state index in [1.807, 2.05) is 6.92 Å². The van der Waals surface area contributed by atoms with Gasteiger partial charge in [0.2, 0.25) is 0 Å². The molecule has 0 aliphatic heterocycles. The molecule has 3 nitrogen and oxygen atoms in total. The summed E-state index contributed by atoms with van der Waals surface area (Å²) in [6.45, 7) is 1.88. The van der Waals surface area contributed by atoms with Gasteiger partial charge in [-0.15, -0.1) is 0 Å². The number of carboxylic acid groups (broad SMARTS) is 1. The Bertz CT molecular complexity index is 848. The molecule has 0 radical (unpaired) electrons. The molecule has 3 N–H and O–H groups in total. The third kappa shape index (κ3) is 2.88. The van der Waals surface area contributed by atoms with Gasteiger partial charge in [0, 0.05) is 5.69 Å². The first-order chi connectivity index (χ1) is 11.0. The van der Waals surface area contributed by atoms with Gasteiger partial charge in [0.25, 0.3) is 0 Å². The molecule has 3 rings (SSSR count). The van der Waals surface area contributed by atoms with Gasteiger partial charge in [-0.05, 0) is 65.9 Å². The number of carbonyl (C=O) groups is 1. The van der Waals surface area contributed by atoms with Crippen LogP contribution in [0.5, 0.6) is 0 Å². The number of fused-ring (bicyclic) bond motifs is 1. The smallest absolute Gasteiger partial charge is 0.336 e. The molecular formula is C19H16FNO2.